The lowest BCUT2D eigenvalue weighted by Crippen LogP contribution is -2.40. The van der Waals surface area contributed by atoms with Crippen LogP contribution in [0.3, 0.4) is 0 Å². The van der Waals surface area contributed by atoms with Crippen molar-refractivity contribution in [3.05, 3.63) is 28.9 Å². The summed E-state index contributed by atoms with van der Waals surface area (Å²) in [5, 5.41) is 0.359. The number of hydrogen-bond acceptors (Lipinski definition) is 4. The predicted molar refractivity (Wildman–Crippen MR) is 82.1 cm³/mol. The van der Waals surface area contributed by atoms with E-state index in [-0.39, 0.29) is 23.5 Å². The first-order valence-electron chi connectivity index (χ1n) is 6.90. The Kier molecular flexibility index (Phi) is 3.82. The molecule has 0 bridgehead atoms. The van der Waals surface area contributed by atoms with E-state index in [1.54, 1.807) is 24.1 Å². The average Bonchev–Trinajstić information content (AvgIpc) is 2.85. The van der Waals surface area contributed by atoms with Gasteiger partial charge < -0.3 is 15.4 Å². The van der Waals surface area contributed by atoms with Gasteiger partial charge in [-0.15, -0.1) is 11.3 Å². The van der Waals surface area contributed by atoms with Gasteiger partial charge in [0.15, 0.2) is 0 Å². The Morgan fingerprint density at radius 3 is 2.76 bits per heavy atom. The number of nitrogens with zero attached hydrogens (tertiary/aromatic N) is 1. The van der Waals surface area contributed by atoms with Crippen molar-refractivity contribution in [2.45, 2.75) is 18.9 Å². The standard InChI is InChI=1S/C15H17FN2O2S/c1-20-9-5-7-18(8-6-9)15(19)14-13(17)12-10(16)3-2-4-11(12)21-14/h2-4,9H,5-8,17H2,1H3. The second-order valence-corrected chi connectivity index (χ2v) is 6.24. The SMILES string of the molecule is COC1CCN(C(=O)c2sc3cccc(F)c3c2N)CC1. The van der Waals surface area contributed by atoms with Gasteiger partial charge in [-0.25, -0.2) is 4.39 Å². The Morgan fingerprint density at radius 2 is 2.14 bits per heavy atom. The number of halogens is 1. The van der Waals surface area contributed by atoms with E-state index in [9.17, 15) is 9.18 Å². The van der Waals surface area contributed by atoms with Crippen LogP contribution >= 0.6 is 11.3 Å². The van der Waals surface area contributed by atoms with E-state index in [1.807, 2.05) is 0 Å². The molecular formula is C15H17FN2O2S. The van der Waals surface area contributed by atoms with Gasteiger partial charge in [-0.3, -0.25) is 4.79 Å². The lowest BCUT2D eigenvalue weighted by atomic mass is 10.1. The van der Waals surface area contributed by atoms with Crippen LogP contribution < -0.4 is 5.73 Å². The Bertz CT molecular complexity index is 678. The number of carbonyl (C=O) groups is 1. The molecule has 4 nitrogen and oxygen atoms in total. The van der Waals surface area contributed by atoms with Gasteiger partial charge in [0.25, 0.3) is 5.91 Å². The molecule has 1 aliphatic heterocycles. The number of piperidine rings is 1. The minimum atomic E-state index is -0.376. The largest absolute Gasteiger partial charge is 0.397 e. The first-order chi connectivity index (χ1) is 10.1. The second kappa shape index (κ2) is 5.61. The highest BCUT2D eigenvalue weighted by atomic mass is 32.1. The highest BCUT2D eigenvalue weighted by molar-refractivity contribution is 7.21. The number of hydrogen-bond donors (Lipinski definition) is 1. The molecule has 6 heteroatoms. The fourth-order valence-corrected chi connectivity index (χ4v) is 3.83. The number of amides is 1. The topological polar surface area (TPSA) is 55.6 Å². The predicted octanol–water partition coefficient (Wildman–Crippen LogP) is 2.87. The Labute approximate surface area is 126 Å². The van der Waals surface area contributed by atoms with E-state index in [0.29, 0.717) is 28.1 Å². The molecule has 2 aromatic rings. The minimum Gasteiger partial charge on any atom is -0.397 e. The first-order valence-corrected chi connectivity index (χ1v) is 7.72. The van der Waals surface area contributed by atoms with E-state index >= 15 is 0 Å². The maximum Gasteiger partial charge on any atom is 0.266 e. The molecule has 1 amide bonds. The van der Waals surface area contributed by atoms with Gasteiger partial charge in [0.1, 0.15) is 10.7 Å². The van der Waals surface area contributed by atoms with E-state index in [2.05, 4.69) is 0 Å². The first kappa shape index (κ1) is 14.3. The smallest absolute Gasteiger partial charge is 0.266 e. The number of thiophene rings is 1. The third-order valence-electron chi connectivity index (χ3n) is 3.96. The van der Waals surface area contributed by atoms with Crippen LogP contribution in [0.1, 0.15) is 22.5 Å². The molecular weight excluding hydrogens is 291 g/mol. The molecule has 2 N–H and O–H groups in total. The monoisotopic (exact) mass is 308 g/mol. The molecule has 0 radical (unpaired) electrons. The van der Waals surface area contributed by atoms with Crippen molar-refractivity contribution in [3.8, 4) is 0 Å². The van der Waals surface area contributed by atoms with Crippen LogP contribution in [-0.2, 0) is 4.74 Å². The minimum absolute atomic E-state index is 0.109. The van der Waals surface area contributed by atoms with Gasteiger partial charge in [0.05, 0.1) is 17.2 Å². The Hall–Kier alpha value is -1.66. The number of fused-ring (bicyclic) bond motifs is 1. The van der Waals surface area contributed by atoms with Gasteiger partial charge in [-0.1, -0.05) is 6.07 Å². The number of rotatable bonds is 2. The molecule has 21 heavy (non-hydrogen) atoms. The highest BCUT2D eigenvalue weighted by Gasteiger charge is 2.27. The van der Waals surface area contributed by atoms with Gasteiger partial charge in [-0.05, 0) is 25.0 Å². The normalized spacial score (nSPS) is 16.6. The summed E-state index contributed by atoms with van der Waals surface area (Å²) in [5.74, 6) is -0.485. The Morgan fingerprint density at radius 1 is 1.43 bits per heavy atom. The number of anilines is 1. The number of nitrogens with two attached hydrogens (primary N) is 1. The van der Waals surface area contributed by atoms with Gasteiger partial charge in [-0.2, -0.15) is 0 Å². The summed E-state index contributed by atoms with van der Waals surface area (Å²) in [6.45, 7) is 1.29. The zero-order chi connectivity index (χ0) is 15.0. The molecule has 0 atom stereocenters. The summed E-state index contributed by atoms with van der Waals surface area (Å²) in [6.07, 6.45) is 1.86. The molecule has 1 aliphatic rings. The summed E-state index contributed by atoms with van der Waals surface area (Å²) >= 11 is 1.26. The average molecular weight is 308 g/mol. The third-order valence-corrected chi connectivity index (χ3v) is 5.12. The van der Waals surface area contributed by atoms with Gasteiger partial charge in [0, 0.05) is 24.9 Å². The maximum atomic E-state index is 13.8. The summed E-state index contributed by atoms with van der Waals surface area (Å²) in [7, 11) is 1.69. The number of benzene rings is 1. The summed E-state index contributed by atoms with van der Waals surface area (Å²) in [6, 6.07) is 4.78. The molecule has 1 saturated heterocycles. The van der Waals surface area contributed by atoms with Gasteiger partial charge in [0.2, 0.25) is 0 Å². The summed E-state index contributed by atoms with van der Waals surface area (Å²) < 4.78 is 19.9. The number of likely N-dealkylation sites (tertiary alicyclic amines) is 1. The quantitative estimate of drug-likeness (QED) is 0.928. The third kappa shape index (κ3) is 2.49. The number of carbonyl (C=O) groups excluding carboxylic acids is 1. The van der Waals surface area contributed by atoms with E-state index < -0.39 is 0 Å². The number of methoxy groups -OCH3 is 1. The van der Waals surface area contributed by atoms with Crippen molar-refractivity contribution < 1.29 is 13.9 Å². The molecule has 0 unspecified atom stereocenters. The number of nitrogen functional groups attached to an aromatic ring is 1. The lowest BCUT2D eigenvalue weighted by molar-refractivity contribution is 0.0354. The molecule has 1 aromatic carbocycles. The van der Waals surface area contributed by atoms with Crippen LogP contribution in [-0.4, -0.2) is 37.1 Å². The van der Waals surface area contributed by atoms with Crippen molar-refractivity contribution in [1.29, 1.82) is 0 Å². The Balaban J connectivity index is 1.89. The maximum absolute atomic E-state index is 13.8. The molecule has 0 saturated carbocycles. The zero-order valence-electron chi connectivity index (χ0n) is 11.8. The molecule has 1 fully saturated rings. The fourth-order valence-electron chi connectivity index (χ4n) is 2.73. The van der Waals surface area contributed by atoms with Crippen LogP contribution in [0.2, 0.25) is 0 Å². The lowest BCUT2D eigenvalue weighted by Gasteiger charge is -2.31. The molecule has 112 valence electrons. The molecule has 1 aromatic heterocycles. The van der Waals surface area contributed by atoms with E-state index in [0.717, 1.165) is 12.8 Å². The van der Waals surface area contributed by atoms with Crippen LogP contribution in [0.5, 0.6) is 0 Å². The summed E-state index contributed by atoms with van der Waals surface area (Å²) in [4.78, 5) is 14.8. The zero-order valence-corrected chi connectivity index (χ0v) is 12.6. The van der Waals surface area contributed by atoms with Crippen molar-refractivity contribution in [1.82, 2.24) is 4.90 Å². The number of ether oxygens (including phenoxy) is 1. The van der Waals surface area contributed by atoms with Crippen molar-refractivity contribution in [2.75, 3.05) is 25.9 Å². The van der Waals surface area contributed by atoms with Crippen LogP contribution in [0.15, 0.2) is 18.2 Å². The fraction of sp³-hybridized carbons (Fsp3) is 0.400. The van der Waals surface area contributed by atoms with Crippen LogP contribution in [0.25, 0.3) is 10.1 Å². The molecule has 2 heterocycles. The van der Waals surface area contributed by atoms with E-state index in [4.69, 9.17) is 10.5 Å². The molecule has 3 rings (SSSR count). The molecule has 0 aliphatic carbocycles. The van der Waals surface area contributed by atoms with Crippen molar-refractivity contribution in [2.24, 2.45) is 0 Å². The summed E-state index contributed by atoms with van der Waals surface area (Å²) in [5.41, 5.74) is 6.26. The van der Waals surface area contributed by atoms with E-state index in [1.165, 1.54) is 17.4 Å². The second-order valence-electron chi connectivity index (χ2n) is 5.19. The van der Waals surface area contributed by atoms with Crippen LogP contribution in [0, 0.1) is 5.82 Å². The van der Waals surface area contributed by atoms with Crippen LogP contribution in [0.4, 0.5) is 10.1 Å². The van der Waals surface area contributed by atoms with Crippen molar-refractivity contribution >= 4 is 33.0 Å². The van der Waals surface area contributed by atoms with Gasteiger partial charge >= 0.3 is 0 Å². The highest BCUT2D eigenvalue weighted by Crippen LogP contribution is 2.36. The molecule has 0 spiro atoms. The van der Waals surface area contributed by atoms with Crippen molar-refractivity contribution in [3.63, 3.8) is 0 Å².